The van der Waals surface area contributed by atoms with Crippen molar-refractivity contribution in [1.82, 2.24) is 10.1 Å². The van der Waals surface area contributed by atoms with Crippen LogP contribution in [0.5, 0.6) is 0 Å². The monoisotopic (exact) mass is 336 g/mol. The van der Waals surface area contributed by atoms with E-state index in [1.165, 1.54) is 12.1 Å². The molecule has 1 aliphatic rings. The van der Waals surface area contributed by atoms with Crippen LogP contribution in [0.3, 0.4) is 0 Å². The van der Waals surface area contributed by atoms with Crippen LogP contribution in [0.15, 0.2) is 34.9 Å². The Morgan fingerprint density at radius 3 is 2.83 bits per heavy atom. The standard InChI is InChI=1S/C17H18ClFN2O2/c18-16-11-14(23-20-16)8-9-17(22)21-10-2-1-3-15(21)12-4-6-13(19)7-5-12/h4-7,11,15H,1-3,8-10H2/t15-/m0/s1. The molecule has 6 heteroatoms. The van der Waals surface area contributed by atoms with Crippen molar-refractivity contribution in [1.29, 1.82) is 0 Å². The van der Waals surface area contributed by atoms with Crippen LogP contribution in [0.25, 0.3) is 0 Å². The first-order valence-electron chi connectivity index (χ1n) is 7.79. The van der Waals surface area contributed by atoms with Gasteiger partial charge in [-0.25, -0.2) is 4.39 Å². The first-order chi connectivity index (χ1) is 11.1. The molecule has 122 valence electrons. The summed E-state index contributed by atoms with van der Waals surface area (Å²) in [6, 6.07) is 8.08. The predicted octanol–water partition coefficient (Wildman–Crippen LogP) is 4.15. The Hall–Kier alpha value is -1.88. The Bertz CT molecular complexity index is 671. The summed E-state index contributed by atoms with van der Waals surface area (Å²) in [7, 11) is 0. The molecule has 0 radical (unpaired) electrons. The molecular formula is C17H18ClFN2O2. The van der Waals surface area contributed by atoms with Crippen LogP contribution in [-0.4, -0.2) is 22.5 Å². The van der Waals surface area contributed by atoms with E-state index in [0.29, 0.717) is 23.8 Å². The van der Waals surface area contributed by atoms with Crippen LogP contribution in [-0.2, 0) is 11.2 Å². The van der Waals surface area contributed by atoms with Crippen molar-refractivity contribution < 1.29 is 13.7 Å². The molecule has 0 aliphatic carbocycles. The van der Waals surface area contributed by atoms with Gasteiger partial charge in [-0.3, -0.25) is 4.79 Å². The number of nitrogens with zero attached hydrogens (tertiary/aromatic N) is 2. The van der Waals surface area contributed by atoms with E-state index in [2.05, 4.69) is 5.16 Å². The van der Waals surface area contributed by atoms with Crippen molar-refractivity contribution in [3.63, 3.8) is 0 Å². The highest BCUT2D eigenvalue weighted by molar-refractivity contribution is 6.29. The molecular weight excluding hydrogens is 319 g/mol. The number of likely N-dealkylation sites (tertiary alicyclic amines) is 1. The van der Waals surface area contributed by atoms with Gasteiger partial charge in [-0.05, 0) is 37.0 Å². The molecule has 0 unspecified atom stereocenters. The average Bonchev–Trinajstić information content (AvgIpc) is 2.99. The van der Waals surface area contributed by atoms with E-state index in [0.717, 1.165) is 31.4 Å². The zero-order valence-corrected chi connectivity index (χ0v) is 13.4. The smallest absolute Gasteiger partial charge is 0.223 e. The minimum Gasteiger partial charge on any atom is -0.360 e. The fourth-order valence-electron chi connectivity index (χ4n) is 3.04. The Kier molecular flexibility index (Phi) is 4.96. The van der Waals surface area contributed by atoms with Crippen molar-refractivity contribution in [3.05, 3.63) is 52.6 Å². The average molecular weight is 337 g/mol. The molecule has 4 nitrogen and oxygen atoms in total. The molecule has 1 aromatic carbocycles. The summed E-state index contributed by atoms with van der Waals surface area (Å²) in [6.45, 7) is 0.734. The van der Waals surface area contributed by atoms with Gasteiger partial charge in [0, 0.05) is 25.5 Å². The Morgan fingerprint density at radius 2 is 2.13 bits per heavy atom. The maximum absolute atomic E-state index is 13.1. The number of carbonyl (C=O) groups is 1. The second-order valence-corrected chi connectivity index (χ2v) is 6.15. The van der Waals surface area contributed by atoms with Gasteiger partial charge < -0.3 is 9.42 Å². The first kappa shape index (κ1) is 16.0. The number of carbonyl (C=O) groups excluding carboxylic acids is 1. The van der Waals surface area contributed by atoms with Gasteiger partial charge in [0.05, 0.1) is 6.04 Å². The van der Waals surface area contributed by atoms with Gasteiger partial charge in [-0.1, -0.05) is 28.9 Å². The van der Waals surface area contributed by atoms with Crippen LogP contribution in [0.4, 0.5) is 4.39 Å². The van der Waals surface area contributed by atoms with Gasteiger partial charge in [-0.15, -0.1) is 0 Å². The summed E-state index contributed by atoms with van der Waals surface area (Å²) in [6.07, 6.45) is 3.81. The largest absolute Gasteiger partial charge is 0.360 e. The van der Waals surface area contributed by atoms with E-state index < -0.39 is 0 Å². The SMILES string of the molecule is O=C(CCc1cc(Cl)no1)N1CCCC[C@H]1c1ccc(F)cc1. The summed E-state index contributed by atoms with van der Waals surface area (Å²) in [5.74, 6) is 0.426. The number of halogens is 2. The van der Waals surface area contributed by atoms with Crippen LogP contribution in [0.2, 0.25) is 5.15 Å². The molecule has 1 amide bonds. The molecule has 1 aliphatic heterocycles. The van der Waals surface area contributed by atoms with Crippen LogP contribution in [0, 0.1) is 5.82 Å². The highest BCUT2D eigenvalue weighted by Gasteiger charge is 2.27. The second-order valence-electron chi connectivity index (χ2n) is 5.77. The molecule has 0 saturated carbocycles. The van der Waals surface area contributed by atoms with Crippen LogP contribution in [0.1, 0.15) is 43.0 Å². The van der Waals surface area contributed by atoms with E-state index in [1.54, 1.807) is 18.2 Å². The number of piperidine rings is 1. The third kappa shape index (κ3) is 3.91. The van der Waals surface area contributed by atoms with Crippen molar-refractivity contribution in [2.45, 2.75) is 38.1 Å². The fourth-order valence-corrected chi connectivity index (χ4v) is 3.20. The molecule has 1 aromatic heterocycles. The minimum absolute atomic E-state index is 0.0233. The molecule has 0 bridgehead atoms. The number of benzene rings is 1. The zero-order valence-electron chi connectivity index (χ0n) is 12.7. The quantitative estimate of drug-likeness (QED) is 0.842. The maximum atomic E-state index is 13.1. The molecule has 0 N–H and O–H groups in total. The topological polar surface area (TPSA) is 46.3 Å². The number of rotatable bonds is 4. The van der Waals surface area contributed by atoms with Gasteiger partial charge in [0.2, 0.25) is 5.91 Å². The molecule has 2 aromatic rings. The van der Waals surface area contributed by atoms with E-state index in [1.807, 2.05) is 4.90 Å². The lowest BCUT2D eigenvalue weighted by Gasteiger charge is -2.36. The lowest BCUT2D eigenvalue weighted by molar-refractivity contribution is -0.135. The molecule has 0 spiro atoms. The fraction of sp³-hybridized carbons (Fsp3) is 0.412. The molecule has 2 heterocycles. The predicted molar refractivity (Wildman–Crippen MR) is 84.5 cm³/mol. The number of aromatic nitrogens is 1. The third-order valence-electron chi connectivity index (χ3n) is 4.19. The summed E-state index contributed by atoms with van der Waals surface area (Å²) >= 11 is 5.71. The normalized spacial score (nSPS) is 18.2. The number of hydrogen-bond acceptors (Lipinski definition) is 3. The highest BCUT2D eigenvalue weighted by Crippen LogP contribution is 2.31. The molecule has 1 saturated heterocycles. The van der Waals surface area contributed by atoms with E-state index in [4.69, 9.17) is 16.1 Å². The van der Waals surface area contributed by atoms with Crippen LogP contribution < -0.4 is 0 Å². The summed E-state index contributed by atoms with van der Waals surface area (Å²) in [5.41, 5.74) is 0.988. The lowest BCUT2D eigenvalue weighted by Crippen LogP contribution is -2.38. The number of hydrogen-bond donors (Lipinski definition) is 0. The van der Waals surface area contributed by atoms with Crippen molar-refractivity contribution in [2.24, 2.45) is 0 Å². The maximum Gasteiger partial charge on any atom is 0.223 e. The van der Waals surface area contributed by atoms with Crippen molar-refractivity contribution in [3.8, 4) is 0 Å². The number of aryl methyl sites for hydroxylation is 1. The van der Waals surface area contributed by atoms with Gasteiger partial charge in [0.15, 0.2) is 5.15 Å². The second kappa shape index (κ2) is 7.13. The number of amides is 1. The van der Waals surface area contributed by atoms with Gasteiger partial charge in [0.25, 0.3) is 0 Å². The minimum atomic E-state index is -0.260. The van der Waals surface area contributed by atoms with Gasteiger partial charge in [0.1, 0.15) is 11.6 Å². The van der Waals surface area contributed by atoms with Gasteiger partial charge >= 0.3 is 0 Å². The first-order valence-corrected chi connectivity index (χ1v) is 8.17. The van der Waals surface area contributed by atoms with E-state index >= 15 is 0 Å². The molecule has 1 atom stereocenters. The summed E-state index contributed by atoms with van der Waals surface area (Å²) in [5, 5.41) is 3.91. The molecule has 23 heavy (non-hydrogen) atoms. The third-order valence-corrected chi connectivity index (χ3v) is 4.37. The van der Waals surface area contributed by atoms with Crippen molar-refractivity contribution in [2.75, 3.05) is 6.54 Å². The Balaban J connectivity index is 1.67. The Morgan fingerprint density at radius 1 is 1.35 bits per heavy atom. The summed E-state index contributed by atoms with van der Waals surface area (Å²) in [4.78, 5) is 14.5. The highest BCUT2D eigenvalue weighted by atomic mass is 35.5. The molecule has 3 rings (SSSR count). The van der Waals surface area contributed by atoms with E-state index in [-0.39, 0.29) is 17.8 Å². The van der Waals surface area contributed by atoms with Crippen molar-refractivity contribution >= 4 is 17.5 Å². The zero-order chi connectivity index (χ0) is 16.2. The summed E-state index contributed by atoms with van der Waals surface area (Å²) < 4.78 is 18.1. The Labute approximate surface area is 139 Å². The molecule has 1 fully saturated rings. The van der Waals surface area contributed by atoms with Gasteiger partial charge in [-0.2, -0.15) is 0 Å². The van der Waals surface area contributed by atoms with E-state index in [9.17, 15) is 9.18 Å². The van der Waals surface area contributed by atoms with Crippen LogP contribution >= 0.6 is 11.6 Å². The lowest BCUT2D eigenvalue weighted by atomic mass is 9.94.